The standard InChI is InChI=1S/C15H25N3/c1-15(2,3)18-11-12-9-16-14(17-10-12)13-7-5-4-6-8-13/h9-10,13,18H,4-8,11H2,1-3H3. The van der Waals surface area contributed by atoms with Crippen molar-refractivity contribution in [2.75, 3.05) is 0 Å². The Kier molecular flexibility index (Phi) is 4.33. The van der Waals surface area contributed by atoms with E-state index < -0.39 is 0 Å². The number of nitrogens with one attached hydrogen (secondary N) is 1. The molecule has 0 bridgehead atoms. The SMILES string of the molecule is CC(C)(C)NCc1cnc(C2CCCCC2)nc1. The van der Waals surface area contributed by atoms with Crippen LogP contribution in [0.3, 0.4) is 0 Å². The molecule has 3 nitrogen and oxygen atoms in total. The number of hydrogen-bond donors (Lipinski definition) is 1. The van der Waals surface area contributed by atoms with Gasteiger partial charge < -0.3 is 5.32 Å². The normalized spacial score (nSPS) is 17.9. The summed E-state index contributed by atoms with van der Waals surface area (Å²) in [7, 11) is 0. The second kappa shape index (κ2) is 5.79. The van der Waals surface area contributed by atoms with Crippen LogP contribution in [0.25, 0.3) is 0 Å². The topological polar surface area (TPSA) is 37.8 Å². The van der Waals surface area contributed by atoms with Crippen LogP contribution in [0.4, 0.5) is 0 Å². The molecule has 0 unspecified atom stereocenters. The van der Waals surface area contributed by atoms with Crippen LogP contribution in [0.1, 0.15) is 70.2 Å². The van der Waals surface area contributed by atoms with E-state index in [4.69, 9.17) is 0 Å². The quantitative estimate of drug-likeness (QED) is 0.889. The van der Waals surface area contributed by atoms with Gasteiger partial charge in [-0.2, -0.15) is 0 Å². The first-order valence-electron chi connectivity index (χ1n) is 7.10. The lowest BCUT2D eigenvalue weighted by Crippen LogP contribution is -2.35. The van der Waals surface area contributed by atoms with Gasteiger partial charge in [0.15, 0.2) is 0 Å². The van der Waals surface area contributed by atoms with Gasteiger partial charge in [0.2, 0.25) is 0 Å². The summed E-state index contributed by atoms with van der Waals surface area (Å²) in [4.78, 5) is 9.10. The Hall–Kier alpha value is -0.960. The van der Waals surface area contributed by atoms with E-state index in [1.165, 1.54) is 37.7 Å². The van der Waals surface area contributed by atoms with Gasteiger partial charge in [0, 0.05) is 36.0 Å². The van der Waals surface area contributed by atoms with Gasteiger partial charge in [0.25, 0.3) is 0 Å². The van der Waals surface area contributed by atoms with E-state index in [1.54, 1.807) is 0 Å². The zero-order chi connectivity index (χ0) is 13.0. The smallest absolute Gasteiger partial charge is 0.131 e. The molecule has 3 heteroatoms. The molecule has 1 saturated carbocycles. The maximum Gasteiger partial charge on any atom is 0.131 e. The molecule has 1 N–H and O–H groups in total. The van der Waals surface area contributed by atoms with Gasteiger partial charge in [-0.3, -0.25) is 0 Å². The molecule has 0 aliphatic heterocycles. The van der Waals surface area contributed by atoms with Crippen LogP contribution >= 0.6 is 0 Å². The lowest BCUT2D eigenvalue weighted by atomic mass is 9.89. The molecule has 0 amide bonds. The van der Waals surface area contributed by atoms with Crippen molar-refractivity contribution >= 4 is 0 Å². The Bertz CT molecular complexity index is 358. The van der Waals surface area contributed by atoms with Gasteiger partial charge in [0.05, 0.1) is 0 Å². The molecule has 0 aromatic carbocycles. The predicted molar refractivity (Wildman–Crippen MR) is 74.5 cm³/mol. The van der Waals surface area contributed by atoms with E-state index in [2.05, 4.69) is 36.1 Å². The third kappa shape index (κ3) is 4.05. The Morgan fingerprint density at radius 2 is 1.72 bits per heavy atom. The summed E-state index contributed by atoms with van der Waals surface area (Å²) in [5.74, 6) is 1.65. The lowest BCUT2D eigenvalue weighted by molar-refractivity contribution is 0.419. The summed E-state index contributed by atoms with van der Waals surface area (Å²) in [6, 6.07) is 0. The Morgan fingerprint density at radius 1 is 1.11 bits per heavy atom. The molecule has 18 heavy (non-hydrogen) atoms. The number of nitrogens with zero attached hydrogens (tertiary/aromatic N) is 2. The summed E-state index contributed by atoms with van der Waals surface area (Å²) in [6.07, 6.45) is 10.5. The molecule has 0 radical (unpaired) electrons. The largest absolute Gasteiger partial charge is 0.308 e. The van der Waals surface area contributed by atoms with Crippen molar-refractivity contribution in [3.05, 3.63) is 23.8 Å². The fourth-order valence-electron chi connectivity index (χ4n) is 2.39. The van der Waals surface area contributed by atoms with Crippen molar-refractivity contribution in [1.82, 2.24) is 15.3 Å². The number of rotatable bonds is 3. The fourth-order valence-corrected chi connectivity index (χ4v) is 2.39. The van der Waals surface area contributed by atoms with Gasteiger partial charge in [-0.05, 0) is 33.6 Å². The fraction of sp³-hybridized carbons (Fsp3) is 0.733. The third-order valence-electron chi connectivity index (χ3n) is 3.52. The van der Waals surface area contributed by atoms with Gasteiger partial charge in [-0.1, -0.05) is 19.3 Å². The maximum atomic E-state index is 4.55. The molecule has 0 atom stereocenters. The van der Waals surface area contributed by atoms with Crippen LogP contribution in [0.5, 0.6) is 0 Å². The summed E-state index contributed by atoms with van der Waals surface area (Å²) >= 11 is 0. The molecule has 2 rings (SSSR count). The van der Waals surface area contributed by atoms with E-state index in [1.807, 2.05) is 12.4 Å². The highest BCUT2D eigenvalue weighted by Crippen LogP contribution is 2.30. The Morgan fingerprint density at radius 3 is 2.28 bits per heavy atom. The number of hydrogen-bond acceptors (Lipinski definition) is 3. The lowest BCUT2D eigenvalue weighted by Gasteiger charge is -2.21. The van der Waals surface area contributed by atoms with E-state index in [-0.39, 0.29) is 5.54 Å². The minimum atomic E-state index is 0.141. The Balaban J connectivity index is 1.92. The van der Waals surface area contributed by atoms with Crippen molar-refractivity contribution < 1.29 is 0 Å². The summed E-state index contributed by atoms with van der Waals surface area (Å²) in [5, 5.41) is 3.46. The molecule has 100 valence electrons. The summed E-state index contributed by atoms with van der Waals surface area (Å²) in [6.45, 7) is 7.35. The minimum Gasteiger partial charge on any atom is -0.308 e. The highest BCUT2D eigenvalue weighted by Gasteiger charge is 2.17. The van der Waals surface area contributed by atoms with Crippen molar-refractivity contribution in [2.24, 2.45) is 0 Å². The Labute approximate surface area is 110 Å². The van der Waals surface area contributed by atoms with Gasteiger partial charge >= 0.3 is 0 Å². The zero-order valence-corrected chi connectivity index (χ0v) is 11.9. The average Bonchev–Trinajstić information content (AvgIpc) is 2.37. The second-order valence-corrected chi connectivity index (χ2v) is 6.39. The average molecular weight is 247 g/mol. The van der Waals surface area contributed by atoms with Crippen LogP contribution < -0.4 is 5.32 Å². The van der Waals surface area contributed by atoms with Crippen LogP contribution in [0, 0.1) is 0 Å². The molecular weight excluding hydrogens is 222 g/mol. The molecule has 1 aromatic heterocycles. The van der Waals surface area contributed by atoms with Gasteiger partial charge in [0.1, 0.15) is 5.82 Å². The molecule has 1 fully saturated rings. The third-order valence-corrected chi connectivity index (χ3v) is 3.52. The zero-order valence-electron chi connectivity index (χ0n) is 11.9. The molecule has 1 aliphatic rings. The minimum absolute atomic E-state index is 0.141. The van der Waals surface area contributed by atoms with E-state index in [0.29, 0.717) is 5.92 Å². The molecule has 1 aliphatic carbocycles. The maximum absolute atomic E-state index is 4.55. The van der Waals surface area contributed by atoms with Crippen LogP contribution in [-0.4, -0.2) is 15.5 Å². The van der Waals surface area contributed by atoms with Crippen molar-refractivity contribution in [3.63, 3.8) is 0 Å². The first kappa shape index (κ1) is 13.5. The second-order valence-electron chi connectivity index (χ2n) is 6.39. The molecule has 0 spiro atoms. The van der Waals surface area contributed by atoms with Gasteiger partial charge in [-0.15, -0.1) is 0 Å². The molecule has 1 aromatic rings. The predicted octanol–water partition coefficient (Wildman–Crippen LogP) is 3.41. The number of aromatic nitrogens is 2. The van der Waals surface area contributed by atoms with Crippen LogP contribution in [0.15, 0.2) is 12.4 Å². The molecule has 0 saturated heterocycles. The first-order valence-corrected chi connectivity index (χ1v) is 7.10. The van der Waals surface area contributed by atoms with E-state index >= 15 is 0 Å². The monoisotopic (exact) mass is 247 g/mol. The summed E-state index contributed by atoms with van der Waals surface area (Å²) in [5.41, 5.74) is 1.31. The van der Waals surface area contributed by atoms with Crippen molar-refractivity contribution in [1.29, 1.82) is 0 Å². The van der Waals surface area contributed by atoms with Gasteiger partial charge in [-0.25, -0.2) is 9.97 Å². The van der Waals surface area contributed by atoms with E-state index in [0.717, 1.165) is 12.4 Å². The summed E-state index contributed by atoms with van der Waals surface area (Å²) < 4.78 is 0. The van der Waals surface area contributed by atoms with Crippen molar-refractivity contribution in [2.45, 2.75) is 70.9 Å². The first-order chi connectivity index (χ1) is 8.54. The van der Waals surface area contributed by atoms with Crippen LogP contribution in [-0.2, 0) is 6.54 Å². The highest BCUT2D eigenvalue weighted by atomic mass is 15.0. The highest BCUT2D eigenvalue weighted by molar-refractivity contribution is 5.08. The molecule has 1 heterocycles. The van der Waals surface area contributed by atoms with E-state index in [9.17, 15) is 0 Å². The molecular formula is C15H25N3. The van der Waals surface area contributed by atoms with Crippen molar-refractivity contribution in [3.8, 4) is 0 Å². The van der Waals surface area contributed by atoms with Crippen LogP contribution in [0.2, 0.25) is 0 Å².